The summed E-state index contributed by atoms with van der Waals surface area (Å²) in [6.07, 6.45) is 8.43. The second-order valence-corrected chi connectivity index (χ2v) is 5.82. The van der Waals surface area contributed by atoms with Gasteiger partial charge in [-0.05, 0) is 55.9 Å². The molecule has 5 nitrogen and oxygen atoms in total. The quantitative estimate of drug-likeness (QED) is 0.858. The summed E-state index contributed by atoms with van der Waals surface area (Å²) >= 11 is 0. The summed E-state index contributed by atoms with van der Waals surface area (Å²) in [5.41, 5.74) is 7.87. The minimum atomic E-state index is 0.835. The van der Waals surface area contributed by atoms with Gasteiger partial charge in [0.05, 0.1) is 0 Å². The Morgan fingerprint density at radius 1 is 1.14 bits per heavy atom. The summed E-state index contributed by atoms with van der Waals surface area (Å²) in [5, 5.41) is 4.14. The average molecular weight is 285 g/mol. The molecule has 1 saturated heterocycles. The molecule has 2 N–H and O–H groups in total. The second-order valence-electron chi connectivity index (χ2n) is 5.82. The van der Waals surface area contributed by atoms with Crippen molar-refractivity contribution in [2.24, 2.45) is 5.92 Å². The van der Waals surface area contributed by atoms with E-state index in [1.165, 1.54) is 31.4 Å². The van der Waals surface area contributed by atoms with E-state index in [1.54, 1.807) is 12.7 Å². The van der Waals surface area contributed by atoms with Gasteiger partial charge in [-0.2, -0.15) is 5.10 Å². The third-order valence-corrected chi connectivity index (χ3v) is 4.34. The first-order valence-corrected chi connectivity index (χ1v) is 7.74. The SMILES string of the molecule is Nc1ccc(N2CCC(CCCn3cncn3)CC2)cc1. The Kier molecular flexibility index (Phi) is 4.38. The lowest BCUT2D eigenvalue weighted by atomic mass is 9.92. The van der Waals surface area contributed by atoms with E-state index in [2.05, 4.69) is 27.1 Å². The van der Waals surface area contributed by atoms with Crippen molar-refractivity contribution in [3.63, 3.8) is 0 Å². The minimum absolute atomic E-state index is 0.835. The van der Waals surface area contributed by atoms with Crippen LogP contribution in [0.1, 0.15) is 25.7 Å². The molecule has 0 radical (unpaired) electrons. The fourth-order valence-electron chi connectivity index (χ4n) is 3.06. The summed E-state index contributed by atoms with van der Waals surface area (Å²) in [7, 11) is 0. The predicted octanol–water partition coefficient (Wildman–Crippen LogP) is 2.56. The first-order chi connectivity index (χ1) is 10.3. The van der Waals surface area contributed by atoms with Gasteiger partial charge in [0.1, 0.15) is 12.7 Å². The highest BCUT2D eigenvalue weighted by Gasteiger charge is 2.19. The molecule has 1 aliphatic heterocycles. The van der Waals surface area contributed by atoms with Crippen LogP contribution < -0.4 is 10.6 Å². The van der Waals surface area contributed by atoms with E-state index in [4.69, 9.17) is 5.73 Å². The molecule has 1 aliphatic rings. The molecule has 5 heteroatoms. The van der Waals surface area contributed by atoms with E-state index >= 15 is 0 Å². The van der Waals surface area contributed by atoms with Gasteiger partial charge in [-0.3, -0.25) is 4.68 Å². The molecule has 0 bridgehead atoms. The van der Waals surface area contributed by atoms with E-state index in [0.29, 0.717) is 0 Å². The van der Waals surface area contributed by atoms with Crippen LogP contribution >= 0.6 is 0 Å². The van der Waals surface area contributed by atoms with Gasteiger partial charge < -0.3 is 10.6 Å². The van der Waals surface area contributed by atoms with Crippen molar-refractivity contribution in [3.05, 3.63) is 36.9 Å². The highest BCUT2D eigenvalue weighted by molar-refractivity contribution is 5.53. The summed E-state index contributed by atoms with van der Waals surface area (Å²) < 4.78 is 1.92. The fraction of sp³-hybridized carbons (Fsp3) is 0.500. The number of rotatable bonds is 5. The Hall–Kier alpha value is -2.04. The van der Waals surface area contributed by atoms with E-state index in [-0.39, 0.29) is 0 Å². The van der Waals surface area contributed by atoms with Crippen LogP contribution in [0.5, 0.6) is 0 Å². The van der Waals surface area contributed by atoms with Gasteiger partial charge in [0.2, 0.25) is 0 Å². The van der Waals surface area contributed by atoms with Gasteiger partial charge in [0, 0.05) is 31.0 Å². The van der Waals surface area contributed by atoms with E-state index in [1.807, 2.05) is 16.8 Å². The summed E-state index contributed by atoms with van der Waals surface area (Å²) in [6.45, 7) is 3.29. The Labute approximate surface area is 125 Å². The maximum Gasteiger partial charge on any atom is 0.137 e. The molecule has 0 aliphatic carbocycles. The molecule has 1 fully saturated rings. The predicted molar refractivity (Wildman–Crippen MR) is 85.0 cm³/mol. The van der Waals surface area contributed by atoms with Crippen LogP contribution in [0.4, 0.5) is 11.4 Å². The van der Waals surface area contributed by atoms with Crippen LogP contribution in [0.2, 0.25) is 0 Å². The topological polar surface area (TPSA) is 60.0 Å². The summed E-state index contributed by atoms with van der Waals surface area (Å²) in [5.74, 6) is 0.846. The van der Waals surface area contributed by atoms with Crippen molar-refractivity contribution in [2.75, 3.05) is 23.7 Å². The molecular weight excluding hydrogens is 262 g/mol. The number of benzene rings is 1. The normalized spacial score (nSPS) is 16.3. The Morgan fingerprint density at radius 2 is 1.90 bits per heavy atom. The second kappa shape index (κ2) is 6.61. The zero-order valence-corrected chi connectivity index (χ0v) is 12.4. The standard InChI is InChI=1S/C16H23N5/c17-15-3-5-16(6-4-15)20-10-7-14(8-11-20)2-1-9-21-13-18-12-19-21/h3-6,12-14H,1-2,7-11,17H2. The molecule has 0 amide bonds. The van der Waals surface area contributed by atoms with Crippen molar-refractivity contribution in [1.29, 1.82) is 0 Å². The summed E-state index contributed by atoms with van der Waals surface area (Å²) in [6, 6.07) is 8.22. The lowest BCUT2D eigenvalue weighted by molar-refractivity contribution is 0.360. The van der Waals surface area contributed by atoms with Crippen molar-refractivity contribution < 1.29 is 0 Å². The zero-order chi connectivity index (χ0) is 14.5. The van der Waals surface area contributed by atoms with Crippen molar-refractivity contribution in [1.82, 2.24) is 14.8 Å². The molecule has 21 heavy (non-hydrogen) atoms. The molecule has 0 saturated carbocycles. The van der Waals surface area contributed by atoms with Gasteiger partial charge in [0.15, 0.2) is 0 Å². The number of nitrogen functional groups attached to an aromatic ring is 1. The van der Waals surface area contributed by atoms with Crippen LogP contribution in [0.3, 0.4) is 0 Å². The van der Waals surface area contributed by atoms with Crippen LogP contribution in [0.25, 0.3) is 0 Å². The highest BCUT2D eigenvalue weighted by atomic mass is 15.3. The Morgan fingerprint density at radius 3 is 2.57 bits per heavy atom. The van der Waals surface area contributed by atoms with E-state index in [0.717, 1.165) is 31.2 Å². The smallest absolute Gasteiger partial charge is 0.137 e. The maximum absolute atomic E-state index is 5.74. The van der Waals surface area contributed by atoms with Crippen LogP contribution in [0.15, 0.2) is 36.9 Å². The molecule has 3 rings (SSSR count). The molecule has 0 unspecified atom stereocenters. The molecule has 1 aromatic carbocycles. The fourth-order valence-corrected chi connectivity index (χ4v) is 3.06. The number of anilines is 2. The van der Waals surface area contributed by atoms with E-state index < -0.39 is 0 Å². The Bertz CT molecular complexity index is 526. The van der Waals surface area contributed by atoms with Gasteiger partial charge >= 0.3 is 0 Å². The molecule has 0 atom stereocenters. The van der Waals surface area contributed by atoms with E-state index in [9.17, 15) is 0 Å². The molecule has 2 aromatic rings. The molecule has 1 aromatic heterocycles. The number of nitrogens with two attached hydrogens (primary N) is 1. The van der Waals surface area contributed by atoms with Gasteiger partial charge in [-0.25, -0.2) is 4.98 Å². The number of aromatic nitrogens is 3. The minimum Gasteiger partial charge on any atom is -0.399 e. The first kappa shape index (κ1) is 13.9. The van der Waals surface area contributed by atoms with Crippen molar-refractivity contribution >= 4 is 11.4 Å². The maximum atomic E-state index is 5.74. The van der Waals surface area contributed by atoms with Crippen LogP contribution in [0, 0.1) is 5.92 Å². The van der Waals surface area contributed by atoms with Crippen LogP contribution in [-0.4, -0.2) is 27.9 Å². The van der Waals surface area contributed by atoms with Crippen molar-refractivity contribution in [2.45, 2.75) is 32.2 Å². The van der Waals surface area contributed by atoms with Crippen LogP contribution in [-0.2, 0) is 6.54 Å². The number of nitrogens with zero attached hydrogens (tertiary/aromatic N) is 4. The molecule has 112 valence electrons. The number of aryl methyl sites for hydroxylation is 1. The van der Waals surface area contributed by atoms with Gasteiger partial charge in [-0.15, -0.1) is 0 Å². The zero-order valence-electron chi connectivity index (χ0n) is 12.4. The average Bonchev–Trinajstić information content (AvgIpc) is 3.02. The lowest BCUT2D eigenvalue weighted by Gasteiger charge is -2.33. The highest BCUT2D eigenvalue weighted by Crippen LogP contribution is 2.26. The Balaban J connectivity index is 1.41. The third-order valence-electron chi connectivity index (χ3n) is 4.34. The lowest BCUT2D eigenvalue weighted by Crippen LogP contribution is -2.33. The monoisotopic (exact) mass is 285 g/mol. The van der Waals surface area contributed by atoms with Crippen molar-refractivity contribution in [3.8, 4) is 0 Å². The number of hydrogen-bond acceptors (Lipinski definition) is 4. The molecular formula is C16H23N5. The number of piperidine rings is 1. The third kappa shape index (κ3) is 3.74. The number of hydrogen-bond donors (Lipinski definition) is 1. The summed E-state index contributed by atoms with van der Waals surface area (Å²) in [4.78, 5) is 6.44. The van der Waals surface area contributed by atoms with Gasteiger partial charge in [-0.1, -0.05) is 0 Å². The molecule has 2 heterocycles. The van der Waals surface area contributed by atoms with Gasteiger partial charge in [0.25, 0.3) is 0 Å². The molecule has 0 spiro atoms. The largest absolute Gasteiger partial charge is 0.399 e. The first-order valence-electron chi connectivity index (χ1n) is 7.74.